The molecule has 2 aliphatic heterocycles. The van der Waals surface area contributed by atoms with Gasteiger partial charge in [0.05, 0.1) is 30.1 Å². The molecular formula is C16H22N2O3S. The Balaban J connectivity index is 1.91. The van der Waals surface area contributed by atoms with Crippen LogP contribution in [-0.4, -0.2) is 44.5 Å². The maximum Gasteiger partial charge on any atom is 0.239 e. The number of hydrogen-bond donors (Lipinski definition) is 1. The first-order chi connectivity index (χ1) is 10.2. The molecule has 6 heteroatoms. The van der Waals surface area contributed by atoms with Gasteiger partial charge in [-0.1, -0.05) is 32.9 Å². The molecule has 2 heterocycles. The van der Waals surface area contributed by atoms with Crippen LogP contribution in [0.2, 0.25) is 0 Å². The molecule has 120 valence electrons. The number of hydrogen-bond acceptors (Lipinski definition) is 4. The van der Waals surface area contributed by atoms with Crippen molar-refractivity contribution in [2.45, 2.75) is 38.3 Å². The van der Waals surface area contributed by atoms with E-state index in [2.05, 4.69) is 38.2 Å². The number of sulfone groups is 1. The van der Waals surface area contributed by atoms with Crippen LogP contribution in [0.3, 0.4) is 0 Å². The molecule has 1 amide bonds. The number of rotatable bonds is 1. The quantitative estimate of drug-likeness (QED) is 0.840. The first-order valence-corrected chi connectivity index (χ1v) is 9.35. The fraction of sp³-hybridized carbons (Fsp3) is 0.562. The Morgan fingerprint density at radius 2 is 1.77 bits per heavy atom. The normalized spacial score (nSPS) is 27.4. The second kappa shape index (κ2) is 4.98. The molecule has 0 spiro atoms. The highest BCUT2D eigenvalue weighted by Gasteiger charge is 2.45. The van der Waals surface area contributed by atoms with Gasteiger partial charge in [-0.05, 0) is 23.1 Å². The van der Waals surface area contributed by atoms with E-state index in [0.29, 0.717) is 0 Å². The van der Waals surface area contributed by atoms with Crippen LogP contribution in [0.1, 0.15) is 26.3 Å². The molecule has 2 fully saturated rings. The molecule has 0 aromatic heterocycles. The molecular weight excluding hydrogens is 300 g/mol. The summed E-state index contributed by atoms with van der Waals surface area (Å²) in [5.41, 5.74) is 2.19. The van der Waals surface area contributed by atoms with Gasteiger partial charge in [0.1, 0.15) is 0 Å². The molecule has 2 aliphatic rings. The van der Waals surface area contributed by atoms with E-state index in [1.807, 2.05) is 17.0 Å². The first kappa shape index (κ1) is 15.3. The second-order valence-electron chi connectivity index (χ2n) is 7.24. The smallest absolute Gasteiger partial charge is 0.239 e. The van der Waals surface area contributed by atoms with Gasteiger partial charge in [-0.15, -0.1) is 0 Å². The third-order valence-electron chi connectivity index (χ3n) is 4.45. The van der Waals surface area contributed by atoms with Crippen molar-refractivity contribution in [3.63, 3.8) is 0 Å². The fourth-order valence-corrected chi connectivity index (χ4v) is 5.16. The number of nitrogens with one attached hydrogen (secondary N) is 1. The van der Waals surface area contributed by atoms with Crippen molar-refractivity contribution in [2.24, 2.45) is 0 Å². The van der Waals surface area contributed by atoms with Gasteiger partial charge in [-0.3, -0.25) is 4.79 Å². The van der Waals surface area contributed by atoms with Crippen LogP contribution in [0.15, 0.2) is 24.3 Å². The zero-order valence-corrected chi connectivity index (χ0v) is 14.0. The predicted molar refractivity (Wildman–Crippen MR) is 86.9 cm³/mol. The van der Waals surface area contributed by atoms with Gasteiger partial charge in [-0.2, -0.15) is 0 Å². The van der Waals surface area contributed by atoms with Crippen molar-refractivity contribution < 1.29 is 13.2 Å². The molecule has 1 N–H and O–H groups in total. The van der Waals surface area contributed by atoms with Crippen molar-refractivity contribution >= 4 is 21.4 Å². The fourth-order valence-electron chi connectivity index (χ4n) is 3.23. The highest BCUT2D eigenvalue weighted by atomic mass is 32.2. The van der Waals surface area contributed by atoms with Crippen LogP contribution >= 0.6 is 0 Å². The van der Waals surface area contributed by atoms with Gasteiger partial charge in [0.25, 0.3) is 0 Å². The largest absolute Gasteiger partial charge is 0.356 e. The number of anilines is 1. The summed E-state index contributed by atoms with van der Waals surface area (Å²) in [6.07, 6.45) is 0. The van der Waals surface area contributed by atoms with Crippen LogP contribution < -0.4 is 10.2 Å². The summed E-state index contributed by atoms with van der Waals surface area (Å²) in [5.74, 6) is 0.0390. The van der Waals surface area contributed by atoms with Crippen molar-refractivity contribution in [1.29, 1.82) is 0 Å². The van der Waals surface area contributed by atoms with Gasteiger partial charge in [0.2, 0.25) is 5.91 Å². The zero-order valence-electron chi connectivity index (χ0n) is 13.2. The maximum atomic E-state index is 11.9. The minimum absolute atomic E-state index is 0.0416. The molecule has 2 atom stereocenters. The third-order valence-corrected chi connectivity index (χ3v) is 6.16. The Bertz CT molecular complexity index is 689. The lowest BCUT2D eigenvalue weighted by Crippen LogP contribution is -2.60. The molecule has 1 aromatic rings. The van der Waals surface area contributed by atoms with E-state index >= 15 is 0 Å². The standard InChI is InChI=1S/C16H22N2O3S/c1-16(2,3)11-4-6-12(7-5-11)18-8-15(19)17-13-9-22(20,21)10-14(13)18/h4-7,13-14H,8-10H2,1-3H3,(H,17,19)/t13-,14+/m0/s1. The molecule has 5 nitrogen and oxygen atoms in total. The third kappa shape index (κ3) is 2.84. The number of carbonyl (C=O) groups excluding carboxylic acids is 1. The molecule has 0 radical (unpaired) electrons. The number of carbonyl (C=O) groups is 1. The summed E-state index contributed by atoms with van der Waals surface area (Å²) in [6.45, 7) is 6.66. The van der Waals surface area contributed by atoms with E-state index in [1.165, 1.54) is 5.56 Å². The summed E-state index contributed by atoms with van der Waals surface area (Å²) >= 11 is 0. The Hall–Kier alpha value is -1.56. The highest BCUT2D eigenvalue weighted by molar-refractivity contribution is 7.91. The molecule has 0 saturated carbocycles. The summed E-state index contributed by atoms with van der Waals surface area (Å²) in [5, 5.41) is 2.81. The van der Waals surface area contributed by atoms with Crippen LogP contribution in [0.25, 0.3) is 0 Å². The van der Waals surface area contributed by atoms with Gasteiger partial charge < -0.3 is 10.2 Å². The minimum Gasteiger partial charge on any atom is -0.356 e. The highest BCUT2D eigenvalue weighted by Crippen LogP contribution is 2.29. The van der Waals surface area contributed by atoms with E-state index < -0.39 is 9.84 Å². The van der Waals surface area contributed by atoms with Gasteiger partial charge in [-0.25, -0.2) is 8.42 Å². The SMILES string of the molecule is CC(C)(C)c1ccc(N2CC(=O)N[C@H]3CS(=O)(=O)C[C@H]32)cc1. The van der Waals surface area contributed by atoms with E-state index in [9.17, 15) is 13.2 Å². The minimum atomic E-state index is -3.08. The van der Waals surface area contributed by atoms with E-state index in [1.54, 1.807) is 0 Å². The zero-order chi connectivity index (χ0) is 16.1. The predicted octanol–water partition coefficient (Wildman–Crippen LogP) is 1.09. The Labute approximate surface area is 131 Å². The number of benzene rings is 1. The first-order valence-electron chi connectivity index (χ1n) is 7.53. The van der Waals surface area contributed by atoms with Crippen molar-refractivity contribution in [2.75, 3.05) is 23.0 Å². The summed E-state index contributed by atoms with van der Waals surface area (Å²) in [4.78, 5) is 13.8. The van der Waals surface area contributed by atoms with Gasteiger partial charge in [0.15, 0.2) is 9.84 Å². The number of fused-ring (bicyclic) bond motifs is 1. The van der Waals surface area contributed by atoms with Crippen LogP contribution in [0, 0.1) is 0 Å². The van der Waals surface area contributed by atoms with E-state index in [0.717, 1.165) is 5.69 Å². The number of nitrogens with zero attached hydrogens (tertiary/aromatic N) is 1. The lowest BCUT2D eigenvalue weighted by atomic mass is 9.87. The Morgan fingerprint density at radius 3 is 2.36 bits per heavy atom. The second-order valence-corrected chi connectivity index (χ2v) is 9.40. The van der Waals surface area contributed by atoms with Crippen molar-refractivity contribution in [3.05, 3.63) is 29.8 Å². The van der Waals surface area contributed by atoms with E-state index in [4.69, 9.17) is 0 Å². The maximum absolute atomic E-state index is 11.9. The molecule has 0 unspecified atom stereocenters. The topological polar surface area (TPSA) is 66.5 Å². The summed E-state index contributed by atoms with van der Waals surface area (Å²) in [7, 11) is -3.08. The summed E-state index contributed by atoms with van der Waals surface area (Å²) < 4.78 is 23.8. The summed E-state index contributed by atoms with van der Waals surface area (Å²) in [6, 6.07) is 7.62. The number of amides is 1. The molecule has 0 aliphatic carbocycles. The van der Waals surface area contributed by atoms with Crippen LogP contribution in [0.5, 0.6) is 0 Å². The monoisotopic (exact) mass is 322 g/mol. The van der Waals surface area contributed by atoms with Crippen molar-refractivity contribution in [1.82, 2.24) is 5.32 Å². The average molecular weight is 322 g/mol. The Kier molecular flexibility index (Phi) is 3.47. The van der Waals surface area contributed by atoms with Crippen molar-refractivity contribution in [3.8, 4) is 0 Å². The number of piperazine rings is 1. The van der Waals surface area contributed by atoms with E-state index in [-0.39, 0.29) is 41.5 Å². The van der Waals surface area contributed by atoms with Crippen LogP contribution in [-0.2, 0) is 20.0 Å². The molecule has 22 heavy (non-hydrogen) atoms. The van der Waals surface area contributed by atoms with Crippen LogP contribution in [0.4, 0.5) is 5.69 Å². The molecule has 0 bridgehead atoms. The Morgan fingerprint density at radius 1 is 1.14 bits per heavy atom. The van der Waals surface area contributed by atoms with Gasteiger partial charge >= 0.3 is 0 Å². The lowest BCUT2D eigenvalue weighted by Gasteiger charge is -2.38. The van der Waals surface area contributed by atoms with Gasteiger partial charge in [0, 0.05) is 5.69 Å². The molecule has 2 saturated heterocycles. The molecule has 1 aromatic carbocycles. The lowest BCUT2D eigenvalue weighted by molar-refractivity contribution is -0.121. The molecule has 3 rings (SSSR count). The average Bonchev–Trinajstić information content (AvgIpc) is 2.71.